The van der Waals surface area contributed by atoms with Crippen LogP contribution >= 0.6 is 0 Å². The molecule has 0 amide bonds. The van der Waals surface area contributed by atoms with Gasteiger partial charge in [-0.3, -0.25) is 0 Å². The largest absolute Gasteiger partial charge is 0.317 e. The Bertz CT molecular complexity index is 138. The van der Waals surface area contributed by atoms with E-state index in [9.17, 15) is 0 Å². The topological polar surface area (TPSA) is 18.5 Å². The SMILES string of the molecule is CCNCCCN1CCCN(C)CC1. The molecule has 0 unspecified atom stereocenters. The van der Waals surface area contributed by atoms with Crippen molar-refractivity contribution in [3.63, 3.8) is 0 Å². The van der Waals surface area contributed by atoms with E-state index in [1.165, 1.54) is 52.1 Å². The molecule has 1 fully saturated rings. The van der Waals surface area contributed by atoms with E-state index in [1.54, 1.807) is 0 Å². The lowest BCUT2D eigenvalue weighted by Crippen LogP contribution is -2.31. The Morgan fingerprint density at radius 3 is 2.79 bits per heavy atom. The zero-order chi connectivity index (χ0) is 10.2. The van der Waals surface area contributed by atoms with Crippen LogP contribution in [0.3, 0.4) is 0 Å². The van der Waals surface area contributed by atoms with Crippen molar-refractivity contribution < 1.29 is 0 Å². The molecule has 0 aromatic rings. The molecule has 1 N–H and O–H groups in total. The van der Waals surface area contributed by atoms with Gasteiger partial charge >= 0.3 is 0 Å². The van der Waals surface area contributed by atoms with Gasteiger partial charge in [0.1, 0.15) is 0 Å². The summed E-state index contributed by atoms with van der Waals surface area (Å²) in [6.45, 7) is 10.7. The van der Waals surface area contributed by atoms with Gasteiger partial charge < -0.3 is 15.1 Å². The van der Waals surface area contributed by atoms with Gasteiger partial charge in [-0.15, -0.1) is 0 Å². The Hall–Kier alpha value is -0.120. The molecule has 0 atom stereocenters. The zero-order valence-corrected chi connectivity index (χ0v) is 9.76. The lowest BCUT2D eigenvalue weighted by molar-refractivity contribution is 0.272. The van der Waals surface area contributed by atoms with E-state index in [4.69, 9.17) is 0 Å². The Morgan fingerprint density at radius 2 is 2.00 bits per heavy atom. The van der Waals surface area contributed by atoms with Crippen LogP contribution in [0.4, 0.5) is 0 Å². The van der Waals surface area contributed by atoms with Crippen molar-refractivity contribution in [3.05, 3.63) is 0 Å². The van der Waals surface area contributed by atoms with Gasteiger partial charge in [-0.2, -0.15) is 0 Å². The summed E-state index contributed by atoms with van der Waals surface area (Å²) >= 11 is 0. The van der Waals surface area contributed by atoms with Crippen LogP contribution in [-0.4, -0.2) is 62.7 Å². The van der Waals surface area contributed by atoms with Gasteiger partial charge in [0, 0.05) is 13.1 Å². The molecule has 84 valence electrons. The van der Waals surface area contributed by atoms with Gasteiger partial charge in [-0.1, -0.05) is 6.92 Å². The lowest BCUT2D eigenvalue weighted by atomic mass is 10.3. The molecule has 0 aromatic carbocycles. The average Bonchev–Trinajstić information content (AvgIpc) is 2.38. The van der Waals surface area contributed by atoms with Crippen LogP contribution in [0.1, 0.15) is 19.8 Å². The van der Waals surface area contributed by atoms with Crippen LogP contribution in [0.15, 0.2) is 0 Å². The minimum atomic E-state index is 1.10. The molecular formula is C11H25N3. The van der Waals surface area contributed by atoms with Crippen LogP contribution in [-0.2, 0) is 0 Å². The maximum absolute atomic E-state index is 3.38. The second-order valence-corrected chi connectivity index (χ2v) is 4.21. The average molecular weight is 199 g/mol. The van der Waals surface area contributed by atoms with Crippen LogP contribution in [0.25, 0.3) is 0 Å². The van der Waals surface area contributed by atoms with Crippen molar-refractivity contribution in [2.24, 2.45) is 0 Å². The minimum absolute atomic E-state index is 1.10. The van der Waals surface area contributed by atoms with E-state index in [1.807, 2.05) is 0 Å². The van der Waals surface area contributed by atoms with Crippen LogP contribution < -0.4 is 5.32 Å². The Balaban J connectivity index is 2.05. The summed E-state index contributed by atoms with van der Waals surface area (Å²) in [5, 5.41) is 3.38. The molecule has 0 aliphatic carbocycles. The van der Waals surface area contributed by atoms with Crippen molar-refractivity contribution in [1.29, 1.82) is 0 Å². The lowest BCUT2D eigenvalue weighted by Gasteiger charge is -2.19. The summed E-state index contributed by atoms with van der Waals surface area (Å²) in [5.74, 6) is 0. The standard InChI is InChI=1S/C11H25N3/c1-3-12-6-4-8-14-9-5-7-13(2)10-11-14/h12H,3-11H2,1-2H3. The molecule has 0 aromatic heterocycles. The zero-order valence-electron chi connectivity index (χ0n) is 9.76. The summed E-state index contributed by atoms with van der Waals surface area (Å²) in [5.41, 5.74) is 0. The van der Waals surface area contributed by atoms with E-state index < -0.39 is 0 Å². The molecule has 0 saturated carbocycles. The quantitative estimate of drug-likeness (QED) is 0.655. The van der Waals surface area contributed by atoms with Crippen LogP contribution in [0.5, 0.6) is 0 Å². The second kappa shape index (κ2) is 7.21. The molecular weight excluding hydrogens is 174 g/mol. The highest BCUT2D eigenvalue weighted by atomic mass is 15.2. The fourth-order valence-corrected chi connectivity index (χ4v) is 1.93. The third-order valence-electron chi connectivity index (χ3n) is 2.89. The molecule has 3 heteroatoms. The maximum atomic E-state index is 3.38. The van der Waals surface area contributed by atoms with E-state index in [-0.39, 0.29) is 0 Å². The third kappa shape index (κ3) is 4.94. The number of nitrogens with one attached hydrogen (secondary N) is 1. The summed E-state index contributed by atoms with van der Waals surface area (Å²) in [7, 11) is 2.22. The van der Waals surface area contributed by atoms with Crippen molar-refractivity contribution in [3.8, 4) is 0 Å². The third-order valence-corrected chi connectivity index (χ3v) is 2.89. The number of nitrogens with zero attached hydrogens (tertiary/aromatic N) is 2. The highest BCUT2D eigenvalue weighted by Gasteiger charge is 2.10. The first-order valence-electron chi connectivity index (χ1n) is 5.94. The predicted molar refractivity (Wildman–Crippen MR) is 61.7 cm³/mol. The predicted octanol–water partition coefficient (Wildman–Crippen LogP) is 0.624. The fraction of sp³-hybridized carbons (Fsp3) is 1.00. The van der Waals surface area contributed by atoms with Crippen LogP contribution in [0.2, 0.25) is 0 Å². The van der Waals surface area contributed by atoms with E-state index in [2.05, 4.69) is 29.1 Å². The summed E-state index contributed by atoms with van der Waals surface area (Å²) in [6, 6.07) is 0. The summed E-state index contributed by atoms with van der Waals surface area (Å²) in [6.07, 6.45) is 2.62. The van der Waals surface area contributed by atoms with Gasteiger partial charge in [0.15, 0.2) is 0 Å². The second-order valence-electron chi connectivity index (χ2n) is 4.21. The van der Waals surface area contributed by atoms with Crippen molar-refractivity contribution in [2.75, 3.05) is 52.9 Å². The Morgan fingerprint density at radius 1 is 1.14 bits per heavy atom. The maximum Gasteiger partial charge on any atom is 0.0109 e. The van der Waals surface area contributed by atoms with Gasteiger partial charge in [0.2, 0.25) is 0 Å². The fourth-order valence-electron chi connectivity index (χ4n) is 1.93. The molecule has 1 saturated heterocycles. The number of hydrogen-bond acceptors (Lipinski definition) is 3. The molecule has 3 nitrogen and oxygen atoms in total. The Labute approximate surface area is 88.5 Å². The molecule has 1 aliphatic heterocycles. The van der Waals surface area contributed by atoms with Gasteiger partial charge in [0.25, 0.3) is 0 Å². The molecule has 0 spiro atoms. The van der Waals surface area contributed by atoms with Crippen molar-refractivity contribution in [2.45, 2.75) is 19.8 Å². The minimum Gasteiger partial charge on any atom is -0.317 e. The molecule has 1 aliphatic rings. The van der Waals surface area contributed by atoms with Crippen molar-refractivity contribution in [1.82, 2.24) is 15.1 Å². The molecule has 1 rings (SSSR count). The summed E-state index contributed by atoms with van der Waals surface area (Å²) < 4.78 is 0. The van der Waals surface area contributed by atoms with Gasteiger partial charge in [0.05, 0.1) is 0 Å². The first-order valence-corrected chi connectivity index (χ1v) is 5.94. The molecule has 1 heterocycles. The Kier molecular flexibility index (Phi) is 6.15. The highest BCUT2D eigenvalue weighted by molar-refractivity contribution is 4.67. The first kappa shape index (κ1) is 12.0. The first-order chi connectivity index (χ1) is 6.83. The molecule has 0 bridgehead atoms. The van der Waals surface area contributed by atoms with E-state index in [0.29, 0.717) is 0 Å². The summed E-state index contributed by atoms with van der Waals surface area (Å²) in [4.78, 5) is 5.03. The van der Waals surface area contributed by atoms with Crippen molar-refractivity contribution >= 4 is 0 Å². The normalized spacial score (nSPS) is 21.0. The van der Waals surface area contributed by atoms with Gasteiger partial charge in [-0.05, 0) is 52.6 Å². The van der Waals surface area contributed by atoms with E-state index in [0.717, 1.165) is 6.54 Å². The van der Waals surface area contributed by atoms with Gasteiger partial charge in [-0.25, -0.2) is 0 Å². The molecule has 14 heavy (non-hydrogen) atoms. The smallest absolute Gasteiger partial charge is 0.0109 e. The highest BCUT2D eigenvalue weighted by Crippen LogP contribution is 2.01. The van der Waals surface area contributed by atoms with Crippen LogP contribution in [0, 0.1) is 0 Å². The number of hydrogen-bond donors (Lipinski definition) is 1. The monoisotopic (exact) mass is 199 g/mol. The number of likely N-dealkylation sites (N-methyl/N-ethyl adjacent to an activating group) is 1. The molecule has 0 radical (unpaired) electrons. The van der Waals surface area contributed by atoms with E-state index >= 15 is 0 Å². The number of rotatable bonds is 5.